The summed E-state index contributed by atoms with van der Waals surface area (Å²) in [5, 5.41) is 0. The van der Waals surface area contributed by atoms with Crippen molar-refractivity contribution < 1.29 is 18.8 Å². The first-order valence-corrected chi connectivity index (χ1v) is 15.2. The average molecular weight is 463 g/mol. The lowest BCUT2D eigenvalue weighted by Crippen LogP contribution is -2.38. The maximum absolute atomic E-state index is 12.2. The van der Waals surface area contributed by atoms with Crippen molar-refractivity contribution in [2.24, 2.45) is 23.7 Å². The summed E-state index contributed by atoms with van der Waals surface area (Å²) in [5.41, 5.74) is -0.809. The minimum Gasteiger partial charge on any atom is -0.464 e. The summed E-state index contributed by atoms with van der Waals surface area (Å²) in [6.45, 7) is 3.05. The molecule has 2 atom stereocenters. The fourth-order valence-corrected chi connectivity index (χ4v) is 6.93. The largest absolute Gasteiger partial charge is 0.464 e. The van der Waals surface area contributed by atoms with Crippen molar-refractivity contribution >= 4 is 33.2 Å². The summed E-state index contributed by atoms with van der Waals surface area (Å²) < 4.78 is 22.4. The van der Waals surface area contributed by atoms with E-state index in [1.54, 1.807) is 14.0 Å². The fourth-order valence-electron chi connectivity index (χ4n) is 5.06. The molecule has 0 aromatic rings. The third kappa shape index (κ3) is 7.87. The SMILES string of the molecule is CCC(C)(OC)C(=O)OCCC1CCC(C2CCC(CCP(=O)=S=S)CC2)CC1. The summed E-state index contributed by atoms with van der Waals surface area (Å²) in [6.07, 6.45) is 14.0. The lowest BCUT2D eigenvalue weighted by molar-refractivity contribution is -0.167. The van der Waals surface area contributed by atoms with Gasteiger partial charge in [-0.3, -0.25) is 4.57 Å². The zero-order valence-electron chi connectivity index (χ0n) is 18.4. The van der Waals surface area contributed by atoms with Crippen LogP contribution in [0.1, 0.15) is 84.5 Å². The van der Waals surface area contributed by atoms with Gasteiger partial charge in [-0.2, -0.15) is 0 Å². The average Bonchev–Trinajstić information content (AvgIpc) is 2.77. The number of hydrogen-bond acceptors (Lipinski definition) is 5. The van der Waals surface area contributed by atoms with E-state index in [4.69, 9.17) is 20.7 Å². The molecule has 168 valence electrons. The predicted molar refractivity (Wildman–Crippen MR) is 124 cm³/mol. The highest BCUT2D eigenvalue weighted by atomic mass is 32.9. The van der Waals surface area contributed by atoms with Gasteiger partial charge in [-0.25, -0.2) is 4.79 Å². The molecule has 2 unspecified atom stereocenters. The minimum absolute atomic E-state index is 0.233. The van der Waals surface area contributed by atoms with Crippen LogP contribution in [0.5, 0.6) is 0 Å². The molecule has 4 nitrogen and oxygen atoms in total. The lowest BCUT2D eigenvalue weighted by atomic mass is 9.68. The van der Waals surface area contributed by atoms with Gasteiger partial charge in [0.05, 0.1) is 6.61 Å². The second-order valence-electron chi connectivity index (χ2n) is 9.19. The van der Waals surface area contributed by atoms with Crippen molar-refractivity contribution in [3.05, 3.63) is 0 Å². The van der Waals surface area contributed by atoms with E-state index in [1.165, 1.54) is 51.4 Å². The van der Waals surface area contributed by atoms with Gasteiger partial charge in [0.15, 0.2) is 12.2 Å². The second kappa shape index (κ2) is 12.7. The Balaban J connectivity index is 1.63. The molecule has 7 heteroatoms. The molecular weight excluding hydrogens is 423 g/mol. The molecule has 0 N–H and O–H groups in total. The van der Waals surface area contributed by atoms with E-state index in [2.05, 4.69) is 0 Å². The Morgan fingerprint density at radius 1 is 1.03 bits per heavy atom. The van der Waals surface area contributed by atoms with Crippen LogP contribution >= 0.6 is 6.58 Å². The Labute approximate surface area is 185 Å². The zero-order valence-corrected chi connectivity index (χ0v) is 20.9. The van der Waals surface area contributed by atoms with Crippen molar-refractivity contribution in [3.8, 4) is 0 Å². The highest BCUT2D eigenvalue weighted by Crippen LogP contribution is 2.42. The van der Waals surface area contributed by atoms with Crippen molar-refractivity contribution in [1.29, 1.82) is 0 Å². The van der Waals surface area contributed by atoms with Gasteiger partial charge in [0.1, 0.15) is 0 Å². The number of hydrogen-bond donors (Lipinski definition) is 0. The Morgan fingerprint density at radius 3 is 2.00 bits per heavy atom. The van der Waals surface area contributed by atoms with Gasteiger partial charge in [-0.15, -0.1) is 0 Å². The number of carbonyl (C=O) groups excluding carboxylic acids is 1. The van der Waals surface area contributed by atoms with Crippen LogP contribution in [0.2, 0.25) is 0 Å². The van der Waals surface area contributed by atoms with E-state index in [1.807, 2.05) is 6.92 Å². The third-order valence-electron chi connectivity index (χ3n) is 7.57. The maximum Gasteiger partial charge on any atom is 0.338 e. The molecule has 0 amide bonds. The van der Waals surface area contributed by atoms with Crippen molar-refractivity contribution in [1.82, 2.24) is 0 Å². The van der Waals surface area contributed by atoms with Crippen LogP contribution in [-0.4, -0.2) is 31.4 Å². The molecule has 2 fully saturated rings. The van der Waals surface area contributed by atoms with Gasteiger partial charge in [-0.05, 0) is 96.2 Å². The van der Waals surface area contributed by atoms with E-state index in [0.29, 0.717) is 18.9 Å². The van der Waals surface area contributed by atoms with Gasteiger partial charge < -0.3 is 9.47 Å². The molecule has 0 aliphatic heterocycles. The molecule has 0 spiro atoms. The molecule has 0 bridgehead atoms. The molecule has 29 heavy (non-hydrogen) atoms. The van der Waals surface area contributed by atoms with E-state index in [9.17, 15) is 9.36 Å². The number of esters is 1. The molecule has 2 aliphatic rings. The normalized spacial score (nSPS) is 30.2. The van der Waals surface area contributed by atoms with Gasteiger partial charge in [0, 0.05) is 13.3 Å². The first kappa shape index (κ1) is 25.2. The van der Waals surface area contributed by atoms with Gasteiger partial charge >= 0.3 is 5.97 Å². The first-order chi connectivity index (χ1) is 13.9. The molecule has 0 radical (unpaired) electrons. The molecule has 0 aromatic heterocycles. The summed E-state index contributed by atoms with van der Waals surface area (Å²) in [6, 6.07) is 0. The maximum atomic E-state index is 12.2. The number of methoxy groups -OCH3 is 1. The van der Waals surface area contributed by atoms with Crippen LogP contribution in [0.4, 0.5) is 0 Å². The Kier molecular flexibility index (Phi) is 11.1. The molecular formula is C22H39O4PS2. The van der Waals surface area contributed by atoms with Gasteiger partial charge in [-0.1, -0.05) is 32.6 Å². The topological polar surface area (TPSA) is 52.6 Å². The van der Waals surface area contributed by atoms with E-state index >= 15 is 0 Å². The molecule has 2 saturated carbocycles. The van der Waals surface area contributed by atoms with E-state index in [0.717, 1.165) is 46.3 Å². The van der Waals surface area contributed by atoms with Crippen LogP contribution in [0.25, 0.3) is 0 Å². The van der Waals surface area contributed by atoms with Gasteiger partial charge in [0.2, 0.25) is 0 Å². The molecule has 2 aliphatic carbocycles. The standard InChI is InChI=1S/C22H39O4PS2/c1-4-22(2,25-3)21(23)26-15-13-17-5-9-19(10-6-17)20-11-7-18(8-12-20)14-16-27(24)29-28/h17-20H,4-16H2,1-3H3. The van der Waals surface area contributed by atoms with Crippen LogP contribution in [0.3, 0.4) is 0 Å². The summed E-state index contributed by atoms with van der Waals surface area (Å²) >= 11 is 4.82. The third-order valence-corrected chi connectivity index (χ3v) is 10.9. The van der Waals surface area contributed by atoms with Crippen molar-refractivity contribution in [2.75, 3.05) is 19.9 Å². The second-order valence-corrected chi connectivity index (χ2v) is 13.5. The molecule has 0 aromatic carbocycles. The summed E-state index contributed by atoms with van der Waals surface area (Å²) in [4.78, 5) is 12.2. The highest BCUT2D eigenvalue weighted by molar-refractivity contribution is 8.32. The van der Waals surface area contributed by atoms with Crippen LogP contribution in [-0.2, 0) is 39.5 Å². The zero-order chi connectivity index (χ0) is 21.3. The van der Waals surface area contributed by atoms with Gasteiger partial charge in [0.25, 0.3) is 0 Å². The van der Waals surface area contributed by atoms with Crippen LogP contribution in [0.15, 0.2) is 0 Å². The minimum atomic E-state index is -1.21. The summed E-state index contributed by atoms with van der Waals surface area (Å²) in [7, 11) is 2.68. The van der Waals surface area contributed by atoms with E-state index < -0.39 is 12.2 Å². The van der Waals surface area contributed by atoms with Crippen molar-refractivity contribution in [2.45, 2.75) is 90.1 Å². The van der Waals surface area contributed by atoms with Crippen LogP contribution in [0, 0.1) is 23.7 Å². The van der Waals surface area contributed by atoms with Crippen LogP contribution < -0.4 is 0 Å². The highest BCUT2D eigenvalue weighted by Gasteiger charge is 2.34. The Hall–Kier alpha value is -0.0300. The van der Waals surface area contributed by atoms with Crippen molar-refractivity contribution in [3.63, 3.8) is 0 Å². The predicted octanol–water partition coefficient (Wildman–Crippen LogP) is 6.02. The summed E-state index contributed by atoms with van der Waals surface area (Å²) in [5.74, 6) is 2.99. The first-order valence-electron chi connectivity index (χ1n) is 11.4. The monoisotopic (exact) mass is 462 g/mol. The Bertz CT molecular complexity index is 608. The fraction of sp³-hybridized carbons (Fsp3) is 0.955. The number of rotatable bonds is 10. The lowest BCUT2D eigenvalue weighted by Gasteiger charge is -2.38. The van der Waals surface area contributed by atoms with E-state index in [-0.39, 0.29) is 5.97 Å². The molecule has 0 heterocycles. The number of carbonyl (C=O) groups is 1. The Morgan fingerprint density at radius 2 is 1.55 bits per heavy atom. The smallest absolute Gasteiger partial charge is 0.338 e. The number of ether oxygens (including phenoxy) is 2. The quantitative estimate of drug-likeness (QED) is 0.293. The molecule has 2 rings (SSSR count). The molecule has 0 saturated heterocycles.